The van der Waals surface area contributed by atoms with E-state index in [1.165, 1.54) is 12.5 Å². The topological polar surface area (TPSA) is 42.9 Å². The number of benzene rings is 2. The van der Waals surface area contributed by atoms with Gasteiger partial charge in [-0.05, 0) is 0 Å². The summed E-state index contributed by atoms with van der Waals surface area (Å²) in [6.07, 6.45) is 0. The van der Waals surface area contributed by atoms with E-state index in [-0.39, 0.29) is 5.97 Å². The van der Waals surface area contributed by atoms with E-state index < -0.39 is 20.5 Å². The summed E-state index contributed by atoms with van der Waals surface area (Å²) in [7, 11) is 0. The first kappa shape index (κ1) is 14.0. The first-order valence-electron chi connectivity index (χ1n) is 6.05. The van der Waals surface area contributed by atoms with Gasteiger partial charge in [0.2, 0.25) is 0 Å². The number of carbonyl (C=O) groups is 1. The average molecular weight is 370 g/mol. The molecule has 0 radical (unpaired) electrons. The molecular weight excluding hydrogens is 353 g/mol. The van der Waals surface area contributed by atoms with Crippen molar-refractivity contribution >= 4 is 26.5 Å². The Balaban J connectivity index is 2.04. The van der Waals surface area contributed by atoms with Gasteiger partial charge in [0.1, 0.15) is 0 Å². The molecule has 2 rings (SSSR count). The molecule has 0 heterocycles. The van der Waals surface area contributed by atoms with Crippen LogP contribution in [0.15, 0.2) is 60.7 Å². The van der Waals surface area contributed by atoms with Gasteiger partial charge in [0.15, 0.2) is 0 Å². The molecule has 3 nitrogen and oxygen atoms in total. The van der Waals surface area contributed by atoms with Crippen LogP contribution in [0.2, 0.25) is 0 Å². The first-order chi connectivity index (χ1) is 9.25. The molecule has 2 aromatic rings. The van der Waals surface area contributed by atoms with Crippen LogP contribution in [-0.2, 0) is 14.4 Å². The second-order valence-electron chi connectivity index (χ2n) is 3.98. The van der Waals surface area contributed by atoms with Gasteiger partial charge >= 0.3 is 121 Å². The average Bonchev–Trinajstić information content (AvgIpc) is 2.45. The molecule has 0 saturated heterocycles. The van der Waals surface area contributed by atoms with Gasteiger partial charge in [-0.2, -0.15) is 0 Å². The van der Waals surface area contributed by atoms with Crippen molar-refractivity contribution < 1.29 is 11.4 Å². The van der Waals surface area contributed by atoms with Gasteiger partial charge in [-0.1, -0.05) is 0 Å². The van der Waals surface area contributed by atoms with E-state index in [1.54, 1.807) is 0 Å². The summed E-state index contributed by atoms with van der Waals surface area (Å²) in [6, 6.07) is 20.2. The van der Waals surface area contributed by atoms with Crippen molar-refractivity contribution in [2.75, 3.05) is 0 Å². The normalized spacial score (nSPS) is 10.9. The molecule has 0 amide bonds. The summed E-state index contributed by atoms with van der Waals surface area (Å²) in [5, 5.41) is 0. The number of quaternary nitrogens is 1. The Morgan fingerprint density at radius 2 is 1.63 bits per heavy atom. The monoisotopic (exact) mass is 370 g/mol. The van der Waals surface area contributed by atoms with Gasteiger partial charge in [-0.3, -0.25) is 0 Å². The summed E-state index contributed by atoms with van der Waals surface area (Å²) >= 11 is -1.99. The molecule has 0 spiro atoms. The fraction of sp³-hybridized carbons (Fsp3) is 0.133. The Morgan fingerprint density at radius 1 is 1.05 bits per heavy atom. The van der Waals surface area contributed by atoms with E-state index in [0.29, 0.717) is 0 Å². The zero-order chi connectivity index (χ0) is 13.5. The molecule has 19 heavy (non-hydrogen) atoms. The Kier molecular flexibility index (Phi) is 5.35. The molecule has 2 N–H and O–H groups in total. The van der Waals surface area contributed by atoms with Crippen molar-refractivity contribution in [1.82, 2.24) is 0 Å². The van der Waals surface area contributed by atoms with E-state index >= 15 is 0 Å². The number of hydrogen-bond donors (Lipinski definition) is 1. The third-order valence-electron chi connectivity index (χ3n) is 2.44. The van der Waals surface area contributed by atoms with Crippen LogP contribution in [0.1, 0.15) is 12.5 Å². The van der Waals surface area contributed by atoms with Gasteiger partial charge in [-0.15, -0.1) is 0 Å². The van der Waals surface area contributed by atoms with Crippen LogP contribution in [-0.4, -0.2) is 5.97 Å². The zero-order valence-corrected chi connectivity index (χ0v) is 12.9. The molecule has 2 aromatic carbocycles. The van der Waals surface area contributed by atoms with Crippen LogP contribution in [0.3, 0.4) is 0 Å². The van der Waals surface area contributed by atoms with Crippen LogP contribution in [0, 0.1) is 3.57 Å². The summed E-state index contributed by atoms with van der Waals surface area (Å²) in [6.45, 7) is 2.32. The van der Waals surface area contributed by atoms with Crippen molar-refractivity contribution in [3.63, 3.8) is 0 Å². The van der Waals surface area contributed by atoms with Crippen molar-refractivity contribution in [2.45, 2.75) is 13.5 Å². The molecule has 0 aromatic heterocycles. The number of rotatable bonds is 5. The fourth-order valence-electron chi connectivity index (χ4n) is 1.59. The Hall–Kier alpha value is -1.40. The maximum atomic E-state index is 11.2. The van der Waals surface area contributed by atoms with Crippen molar-refractivity contribution in [3.05, 3.63) is 69.8 Å². The van der Waals surface area contributed by atoms with E-state index in [1.807, 2.05) is 48.5 Å². The van der Waals surface area contributed by atoms with Crippen LogP contribution >= 0.6 is 20.5 Å². The molecule has 0 aliphatic rings. The first-order valence-corrected chi connectivity index (χ1v) is 9.26. The fourth-order valence-corrected chi connectivity index (χ4v) is 5.24. The molecule has 100 valence electrons. The molecule has 0 bridgehead atoms. The summed E-state index contributed by atoms with van der Waals surface area (Å²) in [4.78, 5) is 11.2. The van der Waals surface area contributed by atoms with E-state index in [2.05, 4.69) is 15.7 Å². The molecule has 0 aliphatic heterocycles. The number of nitrogens with two attached hydrogens (primary N) is 1. The predicted octanol–water partition coefficient (Wildman–Crippen LogP) is 2.52. The molecule has 0 aliphatic carbocycles. The number of halogens is 1. The van der Waals surface area contributed by atoms with Gasteiger partial charge in [0.25, 0.3) is 0 Å². The molecule has 4 heteroatoms. The van der Waals surface area contributed by atoms with E-state index in [0.717, 1.165) is 10.1 Å². The van der Waals surface area contributed by atoms with Crippen LogP contribution < -0.4 is 3.53 Å². The molecule has 0 saturated carbocycles. The second-order valence-corrected chi connectivity index (χ2v) is 8.12. The summed E-state index contributed by atoms with van der Waals surface area (Å²) < 4.78 is 8.85. The Morgan fingerprint density at radius 3 is 2.21 bits per heavy atom. The molecular formula is C15H17INO2+. The molecule has 0 fully saturated rings. The maximum absolute atomic E-state index is 11.2. The minimum absolute atomic E-state index is 0.196. The van der Waals surface area contributed by atoms with E-state index in [9.17, 15) is 4.79 Å². The standard InChI is InChI=1S/C15H16INO2/c1-13(18)19-16(15-10-6-3-7-11-15)17-12-14-8-4-2-5-9-14/h2-11,17H,12H2,1H3/p+1. The number of hydrogen-bond acceptors (Lipinski definition) is 2. The van der Waals surface area contributed by atoms with Crippen molar-refractivity contribution in [2.24, 2.45) is 0 Å². The Bertz CT molecular complexity index is 516. The van der Waals surface area contributed by atoms with Crippen LogP contribution in [0.25, 0.3) is 0 Å². The minimum atomic E-state index is -1.99. The van der Waals surface area contributed by atoms with Gasteiger partial charge < -0.3 is 0 Å². The molecule has 0 unspecified atom stereocenters. The number of carbonyl (C=O) groups excluding carboxylic acids is 1. The van der Waals surface area contributed by atoms with Crippen LogP contribution in [0.4, 0.5) is 0 Å². The zero-order valence-electron chi connectivity index (χ0n) is 10.8. The van der Waals surface area contributed by atoms with Crippen LogP contribution in [0.5, 0.6) is 0 Å². The van der Waals surface area contributed by atoms with Gasteiger partial charge in [-0.25, -0.2) is 0 Å². The third-order valence-corrected chi connectivity index (χ3v) is 6.72. The predicted molar refractivity (Wildman–Crippen MR) is 83.0 cm³/mol. The van der Waals surface area contributed by atoms with Gasteiger partial charge in [0, 0.05) is 0 Å². The SMILES string of the molecule is CC(=O)OI([NH2+]Cc1ccccc1)c1ccccc1. The Labute approximate surface area is 121 Å². The van der Waals surface area contributed by atoms with Crippen molar-refractivity contribution in [1.29, 1.82) is 0 Å². The van der Waals surface area contributed by atoms with Crippen molar-refractivity contribution in [3.8, 4) is 0 Å². The quantitative estimate of drug-likeness (QED) is 0.649. The van der Waals surface area contributed by atoms with E-state index in [4.69, 9.17) is 3.07 Å². The second kappa shape index (κ2) is 7.25. The molecule has 0 atom stereocenters. The third kappa shape index (κ3) is 4.65. The van der Waals surface area contributed by atoms with Gasteiger partial charge in [0.05, 0.1) is 0 Å². The summed E-state index contributed by atoms with van der Waals surface area (Å²) in [5.74, 6) is -0.196. The summed E-state index contributed by atoms with van der Waals surface area (Å²) in [5.41, 5.74) is 1.24.